The van der Waals surface area contributed by atoms with Crippen molar-refractivity contribution in [1.82, 2.24) is 30.2 Å². The summed E-state index contributed by atoms with van der Waals surface area (Å²) in [6, 6.07) is 18.1. The third kappa shape index (κ3) is 23.7. The minimum Gasteiger partial charge on any atom is -0.387 e. The molecule has 6 aromatic rings. The van der Waals surface area contributed by atoms with E-state index in [1.807, 2.05) is 118 Å². The maximum absolute atomic E-state index is 13.0. The Morgan fingerprint density at radius 2 is 0.992 bits per heavy atom. The van der Waals surface area contributed by atoms with Crippen LogP contribution in [0.4, 0.5) is 28.6 Å². The number of nitrogens with zero attached hydrogens (tertiary/aromatic N) is 8. The monoisotopic (exact) mass is 1940 g/mol. The predicted octanol–water partition coefficient (Wildman–Crippen LogP) is 11.7. The van der Waals surface area contributed by atoms with E-state index in [1.54, 1.807) is 24.3 Å². The van der Waals surface area contributed by atoms with Gasteiger partial charge in [-0.15, -0.1) is 0 Å². The summed E-state index contributed by atoms with van der Waals surface area (Å²) in [6.07, 6.45) is 16.1. The van der Waals surface area contributed by atoms with Crippen LogP contribution in [0.3, 0.4) is 0 Å². The fourth-order valence-electron chi connectivity index (χ4n) is 17.0. The van der Waals surface area contributed by atoms with Gasteiger partial charge in [0.1, 0.15) is 36.9 Å². The largest absolute Gasteiger partial charge is 0.490 e. The number of aliphatic hydroxyl groups excluding tert-OH is 2. The van der Waals surface area contributed by atoms with Crippen LogP contribution in [-0.4, -0.2) is 199 Å². The molecule has 38 nitrogen and oxygen atoms in total. The van der Waals surface area contributed by atoms with Gasteiger partial charge >= 0.3 is 23.5 Å². The Morgan fingerprint density at radius 1 is 0.546 bits per heavy atom. The van der Waals surface area contributed by atoms with Crippen LogP contribution in [0.2, 0.25) is 0 Å². The number of nitrogens with one attached hydrogen (secondary N) is 2. The number of likely N-dealkylation sites (N-methyl/N-ethyl adjacent to an activating group) is 2. The van der Waals surface area contributed by atoms with Crippen LogP contribution in [0.1, 0.15) is 193 Å². The smallest absolute Gasteiger partial charge is 0.387 e. The average molecular weight is 1940 g/mol. The number of nitrogens with two attached hydrogens (primary N) is 1. The number of imidazole rings is 1. The Balaban J connectivity index is 0.574. The fourth-order valence-corrected chi connectivity index (χ4v) is 22.5. The number of rotatable bonds is 42. The Morgan fingerprint density at radius 3 is 1.48 bits per heavy atom. The second-order valence-corrected chi connectivity index (χ2v) is 44.3. The molecule has 2 aromatic heterocycles. The molecule has 130 heavy (non-hydrogen) atoms. The number of hydrogen-bond donors (Lipinski definition) is 12. The number of allylic oxidation sites excluding steroid dienone is 10. The second kappa shape index (κ2) is 40.6. The first-order chi connectivity index (χ1) is 60.7. The lowest BCUT2D eigenvalue weighted by Crippen LogP contribution is -2.33. The second-order valence-electron chi connectivity index (χ2n) is 34.0. The molecule has 1 saturated heterocycles. The molecular weight excluding hydrogens is 1830 g/mol. The summed E-state index contributed by atoms with van der Waals surface area (Å²) < 4.78 is 205. The molecule has 7 heterocycles. The zero-order valence-corrected chi connectivity index (χ0v) is 79.4. The predicted molar refractivity (Wildman–Crippen MR) is 483 cm³/mol. The van der Waals surface area contributed by atoms with Gasteiger partial charge in [-0.05, 0) is 176 Å². The van der Waals surface area contributed by atoms with Gasteiger partial charge in [0, 0.05) is 127 Å². The molecule has 0 bridgehead atoms. The average Bonchev–Trinajstić information content (AvgIpc) is 1.59. The molecular formula is C85H112N11O27P3S4+2. The SMILES string of the molecule is CCN1/C(=C/C=C/C=C/C2=[N+](CCCCCC(=O)NCCCC#Cc3nc(N)c4ncn([C@@H]5O[C@H](COP(=O)(O)OP(=O)(O)OP(=O)(O)OCCCCCCNC(=O)CCCCC[N+]6=C(/C=C/C=C7/N(CC)c8ccc(S(=O)(=O)O)cc8C7(C)C)C(C)(C)c7cc(S(=O)(=O)O)ccc76)[C@@H](O)[C@H]5O)c4n3)c3ccc(S(=O)(=O)O)cc3C2(C)C)C(C)(C)c2cc(S(=O)(=O)O)ccc21. The standard InChI is InChI=1S/C85H110N11O27P3S4/c1-11-92-64-41-37-56(127(107,108)109)50-60(64)82(3,4)69(92)30-19-15-20-31-71-84(7,8)62-52-58(129(113,114)115)39-43-66(62)94(71)47-26-17-22-36-75(98)88-46-25-16-21-34-73-90-79(86)76-80(91-73)96(55-89-76)81-78(100)77(99)68(121-81)54-120-125(103,104)123-126(105,106)122-124(101,102)119-49-28-14-13-24-45-87-74(97)35-23-18-27-48-95-67-44-40-59(130(116,117)118)53-63(67)85(9,10)72(95)33-29-32-70-83(5,6)61-51-57(128(110,111)112)38-42-65(61)93(70)12-2/h15,19-20,29-33,37-44,50-53,55,68,77-78,81,99-100H,11-14,16-18,22-28,35-36,45-49,54H2,1-10H3,(H9-2,86,87,88,90,91,97,98,101,102,103,104,105,106,107,108,109,110,111,112,113,114,115,116,117,118)/p+2/t68-,77-,78-,81-/m1/s1. The summed E-state index contributed by atoms with van der Waals surface area (Å²) in [7, 11) is -35.0. The molecule has 45 heteroatoms. The highest BCUT2D eigenvalue weighted by Crippen LogP contribution is 2.68. The molecule has 5 aliphatic heterocycles. The Kier molecular flexibility index (Phi) is 31.8. The van der Waals surface area contributed by atoms with Gasteiger partial charge in [0.25, 0.3) is 40.5 Å². The van der Waals surface area contributed by atoms with Crippen LogP contribution in [-0.2, 0) is 108 Å². The normalized spacial score (nSPS) is 20.8. The number of amides is 2. The summed E-state index contributed by atoms with van der Waals surface area (Å²) in [5.41, 5.74) is 13.0. The van der Waals surface area contributed by atoms with Gasteiger partial charge in [-0.1, -0.05) is 70.8 Å². The number of nitrogen functional groups attached to an aromatic ring is 1. The van der Waals surface area contributed by atoms with Gasteiger partial charge in [-0.2, -0.15) is 51.4 Å². The number of phosphoric acid groups is 3. The van der Waals surface area contributed by atoms with E-state index in [0.29, 0.717) is 108 Å². The number of aromatic nitrogens is 4. The molecule has 0 saturated carbocycles. The van der Waals surface area contributed by atoms with E-state index >= 15 is 0 Å². The molecule has 0 radical (unpaired) electrons. The van der Waals surface area contributed by atoms with Crippen molar-refractivity contribution in [2.45, 2.75) is 225 Å². The molecule has 706 valence electrons. The van der Waals surface area contributed by atoms with E-state index in [-0.39, 0.29) is 86.4 Å². The van der Waals surface area contributed by atoms with E-state index < -0.39 is 123 Å². The number of carbonyl (C=O) groups is 2. The van der Waals surface area contributed by atoms with Crippen LogP contribution in [0, 0.1) is 11.8 Å². The van der Waals surface area contributed by atoms with Gasteiger partial charge in [0.05, 0.1) is 50.0 Å². The Bertz CT molecular complexity index is 6320. The van der Waals surface area contributed by atoms with Crippen molar-refractivity contribution in [3.05, 3.63) is 167 Å². The number of anilines is 3. The summed E-state index contributed by atoms with van der Waals surface area (Å²) in [4.78, 5) is 72.9. The molecule has 5 aliphatic rings. The van der Waals surface area contributed by atoms with Crippen LogP contribution >= 0.6 is 23.5 Å². The van der Waals surface area contributed by atoms with E-state index in [0.717, 1.165) is 63.0 Å². The summed E-state index contributed by atoms with van der Waals surface area (Å²) in [6.45, 7) is 20.9. The number of ether oxygens (including phenoxy) is 1. The van der Waals surface area contributed by atoms with E-state index in [1.165, 1.54) is 53.1 Å². The molecule has 3 unspecified atom stereocenters. The number of unbranched alkanes of at least 4 members (excludes halogenated alkanes) is 8. The quantitative estimate of drug-likeness (QED) is 0.00423. The van der Waals surface area contributed by atoms with E-state index in [2.05, 4.69) is 65.0 Å². The molecule has 0 spiro atoms. The topological polar surface area (TPSA) is 556 Å². The van der Waals surface area contributed by atoms with Gasteiger partial charge < -0.3 is 55.8 Å². The lowest BCUT2D eigenvalue weighted by molar-refractivity contribution is -0.438. The number of aliphatic hydroxyl groups is 2. The number of benzene rings is 4. The summed E-state index contributed by atoms with van der Waals surface area (Å²) >= 11 is 0. The lowest BCUT2D eigenvalue weighted by Gasteiger charge is -2.25. The van der Waals surface area contributed by atoms with Crippen molar-refractivity contribution >= 4 is 127 Å². The van der Waals surface area contributed by atoms with Crippen LogP contribution in [0.15, 0.2) is 159 Å². The number of phosphoric ester groups is 2. The van der Waals surface area contributed by atoms with Gasteiger partial charge in [-0.3, -0.25) is 41.4 Å². The molecule has 1 fully saturated rings. The lowest BCUT2D eigenvalue weighted by atomic mass is 9.81. The third-order valence-electron chi connectivity index (χ3n) is 23.6. The van der Waals surface area contributed by atoms with Crippen LogP contribution in [0.5, 0.6) is 0 Å². The first-order valence-corrected chi connectivity index (χ1v) is 52.5. The Hall–Kier alpha value is -8.70. The van der Waals surface area contributed by atoms with E-state index in [9.17, 15) is 100 Å². The highest BCUT2D eigenvalue weighted by Gasteiger charge is 2.51. The first-order valence-electron chi connectivity index (χ1n) is 42.3. The van der Waals surface area contributed by atoms with Crippen molar-refractivity contribution in [2.24, 2.45) is 0 Å². The maximum Gasteiger partial charge on any atom is 0.490 e. The molecule has 2 amide bonds. The van der Waals surface area contributed by atoms with Crippen molar-refractivity contribution in [3.8, 4) is 11.8 Å². The number of fused-ring (bicyclic) bond motifs is 5. The number of hydrogen-bond acceptors (Lipinski definition) is 26. The van der Waals surface area contributed by atoms with Crippen molar-refractivity contribution in [2.75, 3.05) is 68.0 Å². The van der Waals surface area contributed by atoms with Gasteiger partial charge in [0.2, 0.25) is 29.0 Å². The molecule has 7 atom stereocenters. The van der Waals surface area contributed by atoms with Crippen LogP contribution < -0.4 is 26.2 Å². The maximum atomic E-state index is 13.0. The highest BCUT2D eigenvalue weighted by molar-refractivity contribution is 7.86. The Labute approximate surface area is 756 Å². The summed E-state index contributed by atoms with van der Waals surface area (Å²) in [5, 5.41) is 27.9. The van der Waals surface area contributed by atoms with Gasteiger partial charge in [-0.25, -0.2) is 28.6 Å². The van der Waals surface area contributed by atoms with Crippen molar-refractivity contribution < 1.29 is 132 Å². The minimum atomic E-state index is -5.93. The summed E-state index contributed by atoms with van der Waals surface area (Å²) in [5.74, 6) is 5.17. The first kappa shape index (κ1) is 102. The molecule has 0 aliphatic carbocycles. The minimum absolute atomic E-state index is 0.0148. The van der Waals surface area contributed by atoms with Crippen molar-refractivity contribution in [1.29, 1.82) is 0 Å². The molecule has 13 N–H and O–H groups in total. The van der Waals surface area contributed by atoms with Gasteiger partial charge in [0.15, 0.2) is 29.1 Å². The molecule has 4 aromatic carbocycles. The number of carbonyl (C=O) groups excluding carboxylic acids is 2. The third-order valence-corrected chi connectivity index (χ3v) is 31.3. The fraction of sp³-hybridized carbons (Fsp3) is 0.471. The van der Waals surface area contributed by atoms with Crippen molar-refractivity contribution in [3.63, 3.8) is 0 Å². The zero-order chi connectivity index (χ0) is 95.3. The van der Waals surface area contributed by atoms with E-state index in [4.69, 9.17) is 19.5 Å². The molecule has 11 rings (SSSR count). The van der Waals surface area contributed by atoms with Crippen LogP contribution in [0.25, 0.3) is 11.2 Å². The highest BCUT2D eigenvalue weighted by atomic mass is 32.2. The zero-order valence-electron chi connectivity index (χ0n) is 73.5.